The number of aliphatic hydroxyl groups excluding tert-OH is 3. The summed E-state index contributed by atoms with van der Waals surface area (Å²) in [5, 5.41) is 85.3. The molecular formula is C43H54N2O12. The molecule has 57 heavy (non-hydrogen) atoms. The molecule has 9 aliphatic rings. The number of Topliss-reactive ketones (excluding diaryl/α,β-unsaturated/α-hetero) is 1. The van der Waals surface area contributed by atoms with Crippen LogP contribution in [-0.2, 0) is 33.3 Å². The van der Waals surface area contributed by atoms with E-state index < -0.39 is 58.3 Å². The minimum atomic E-state index is -1.15. The summed E-state index contributed by atoms with van der Waals surface area (Å²) in [6, 6.07) is 6.78. The van der Waals surface area contributed by atoms with Crippen LogP contribution in [0.2, 0.25) is 0 Å². The first-order chi connectivity index (χ1) is 27.3. The van der Waals surface area contributed by atoms with Crippen LogP contribution in [0.5, 0.6) is 23.0 Å². The Morgan fingerprint density at radius 2 is 1.30 bits per heavy atom. The number of benzene rings is 2. The molecule has 308 valence electrons. The highest BCUT2D eigenvalue weighted by Crippen LogP contribution is 2.67. The van der Waals surface area contributed by atoms with E-state index in [9.17, 15) is 45.3 Å². The van der Waals surface area contributed by atoms with Gasteiger partial charge in [0.1, 0.15) is 18.0 Å². The molecule has 0 radical (unpaired) electrons. The Balaban J connectivity index is 0.000000139. The van der Waals surface area contributed by atoms with Crippen molar-refractivity contribution in [2.75, 3.05) is 32.8 Å². The van der Waals surface area contributed by atoms with Crippen molar-refractivity contribution in [3.8, 4) is 23.0 Å². The lowest BCUT2D eigenvalue weighted by Crippen LogP contribution is -2.77. The molecule has 2 spiro atoms. The fraction of sp³-hybridized carbons (Fsp3) is 0.674. The van der Waals surface area contributed by atoms with Gasteiger partial charge in [-0.15, -0.1) is 0 Å². The minimum Gasteiger partial charge on any atom is -0.504 e. The summed E-state index contributed by atoms with van der Waals surface area (Å²) in [5.41, 5.74) is 0.316. The van der Waals surface area contributed by atoms with Crippen LogP contribution in [0, 0.1) is 11.8 Å². The fourth-order valence-electron chi connectivity index (χ4n) is 13.8. The van der Waals surface area contributed by atoms with Gasteiger partial charge < -0.3 is 50.3 Å². The summed E-state index contributed by atoms with van der Waals surface area (Å²) in [6.07, 6.45) is 4.04. The molecule has 0 amide bonds. The quantitative estimate of drug-likeness (QED) is 0.198. The largest absolute Gasteiger partial charge is 0.504 e. The molecule has 2 aromatic rings. The van der Waals surface area contributed by atoms with Crippen molar-refractivity contribution in [3.05, 3.63) is 46.5 Å². The van der Waals surface area contributed by atoms with E-state index in [1.54, 1.807) is 12.1 Å². The molecule has 0 aromatic heterocycles. The van der Waals surface area contributed by atoms with Gasteiger partial charge in [-0.25, -0.2) is 0 Å². The van der Waals surface area contributed by atoms with Crippen molar-refractivity contribution in [1.82, 2.24) is 9.80 Å². The average molecular weight is 791 g/mol. The number of carboxylic acids is 1. The number of hydrogen-bond donors (Lipinski definition) is 8. The van der Waals surface area contributed by atoms with Gasteiger partial charge in [0.15, 0.2) is 23.0 Å². The van der Waals surface area contributed by atoms with Crippen molar-refractivity contribution in [1.29, 1.82) is 0 Å². The van der Waals surface area contributed by atoms with Crippen molar-refractivity contribution < 1.29 is 59.9 Å². The van der Waals surface area contributed by atoms with Crippen molar-refractivity contribution in [2.24, 2.45) is 11.8 Å². The van der Waals surface area contributed by atoms with Crippen LogP contribution in [0.4, 0.5) is 0 Å². The molecule has 11 rings (SSSR count). The third kappa shape index (κ3) is 5.01. The first-order valence-corrected chi connectivity index (χ1v) is 20.9. The van der Waals surface area contributed by atoms with Crippen molar-refractivity contribution in [3.63, 3.8) is 0 Å². The van der Waals surface area contributed by atoms with Crippen LogP contribution in [0.1, 0.15) is 86.5 Å². The van der Waals surface area contributed by atoms with Gasteiger partial charge in [-0.2, -0.15) is 0 Å². The van der Waals surface area contributed by atoms with E-state index in [-0.39, 0.29) is 36.6 Å². The van der Waals surface area contributed by atoms with E-state index in [4.69, 9.17) is 14.6 Å². The van der Waals surface area contributed by atoms with E-state index in [1.165, 1.54) is 0 Å². The number of carboxylic acid groups (broad SMARTS) is 1. The first kappa shape index (κ1) is 37.7. The van der Waals surface area contributed by atoms with Gasteiger partial charge in [-0.1, -0.05) is 12.1 Å². The molecular weight excluding hydrogens is 736 g/mol. The number of aliphatic hydroxyl groups is 5. The Morgan fingerprint density at radius 1 is 0.772 bits per heavy atom. The summed E-state index contributed by atoms with van der Waals surface area (Å²) in [5.74, 6) is 0.366. The Labute approximate surface area is 330 Å². The number of hydrogen-bond acceptors (Lipinski definition) is 13. The Hall–Kier alpha value is -3.50. The maximum absolute atomic E-state index is 12.1. The van der Waals surface area contributed by atoms with E-state index in [2.05, 4.69) is 9.80 Å². The number of carbonyl (C=O) groups is 2. The number of rotatable bonds is 7. The standard InChI is InChI=1S/C22H27NO5.C21H27NO7/c24-14-3-1-12(9-14)11-23-8-7-21-18-13-2-4-15(25)19(18)28-20(21)16(26)5-6-22(21,27)17(23)10-13;23-10-11(7-16(26)27)9-22-6-5-20-17-12-1-2-13(24)18(17)29-19(20)14(25)3-4-21(20,28)15(22)8-12/h2,4,12,16-17,20,25-27H,1,3,5-11H2;1-2,11,14-15,19,23-25,28H,3-10H2,(H,26,27)/t12?,16-,17+,20-,21-,22+;11?,14-,15+,19-,20-,21+/m00/s1. The fourth-order valence-corrected chi connectivity index (χ4v) is 13.8. The lowest BCUT2D eigenvalue weighted by Gasteiger charge is -2.64. The Morgan fingerprint density at radius 3 is 1.79 bits per heavy atom. The highest BCUT2D eigenvalue weighted by atomic mass is 16.5. The summed E-state index contributed by atoms with van der Waals surface area (Å²) in [6.45, 7) is 2.44. The van der Waals surface area contributed by atoms with Gasteiger partial charge in [-0.05, 0) is 100 Å². The second-order valence-corrected chi connectivity index (χ2v) is 18.7. The molecule has 14 heteroatoms. The number of phenolic OH excluding ortho intramolecular Hbond substituents is 2. The minimum absolute atomic E-state index is 0.0322. The van der Waals surface area contributed by atoms with Gasteiger partial charge >= 0.3 is 5.97 Å². The number of aromatic hydroxyl groups is 2. The summed E-state index contributed by atoms with van der Waals surface area (Å²) < 4.78 is 12.2. The molecule has 12 atom stereocenters. The second-order valence-electron chi connectivity index (χ2n) is 18.7. The zero-order valence-corrected chi connectivity index (χ0v) is 32.1. The molecule has 4 bridgehead atoms. The zero-order valence-electron chi connectivity index (χ0n) is 32.1. The van der Waals surface area contributed by atoms with Crippen LogP contribution in [0.15, 0.2) is 24.3 Å². The number of ether oxygens (including phenoxy) is 2. The first-order valence-electron chi connectivity index (χ1n) is 20.9. The third-order valence-electron chi connectivity index (χ3n) is 16.1. The van der Waals surface area contributed by atoms with Crippen LogP contribution < -0.4 is 9.47 Å². The van der Waals surface area contributed by atoms with Crippen LogP contribution in [0.3, 0.4) is 0 Å². The highest BCUT2D eigenvalue weighted by Gasteiger charge is 2.74. The second kappa shape index (κ2) is 13.0. The highest BCUT2D eigenvalue weighted by molar-refractivity contribution is 5.80. The topological polar surface area (TPSA) is 221 Å². The average Bonchev–Trinajstić information content (AvgIpc) is 3.87. The van der Waals surface area contributed by atoms with Gasteiger partial charge in [0, 0.05) is 61.7 Å². The van der Waals surface area contributed by atoms with E-state index in [1.807, 2.05) is 12.1 Å². The van der Waals surface area contributed by atoms with E-state index >= 15 is 0 Å². The number of aliphatic carboxylic acids is 1. The van der Waals surface area contributed by atoms with Crippen LogP contribution in [-0.4, -0.2) is 143 Å². The molecule has 2 saturated heterocycles. The smallest absolute Gasteiger partial charge is 0.303 e. The van der Waals surface area contributed by atoms with Gasteiger partial charge in [0.2, 0.25) is 0 Å². The molecule has 5 fully saturated rings. The number of carbonyl (C=O) groups excluding carboxylic acids is 1. The van der Waals surface area contributed by atoms with Crippen molar-refractivity contribution in [2.45, 2.75) is 136 Å². The normalized spacial score (nSPS) is 40.9. The summed E-state index contributed by atoms with van der Waals surface area (Å²) >= 11 is 0. The van der Waals surface area contributed by atoms with Crippen LogP contribution in [0.25, 0.3) is 0 Å². The predicted molar refractivity (Wildman–Crippen MR) is 201 cm³/mol. The van der Waals surface area contributed by atoms with Gasteiger partial charge in [-0.3, -0.25) is 19.4 Å². The third-order valence-corrected chi connectivity index (χ3v) is 16.1. The molecule has 2 unspecified atom stereocenters. The Bertz CT molecular complexity index is 2010. The maximum Gasteiger partial charge on any atom is 0.303 e. The van der Waals surface area contributed by atoms with Gasteiger partial charge in [0.05, 0.1) is 40.7 Å². The predicted octanol–water partition coefficient (Wildman–Crippen LogP) is 1.27. The Kier molecular flexibility index (Phi) is 8.61. The number of nitrogens with zero attached hydrogens (tertiary/aromatic N) is 2. The molecule has 14 nitrogen and oxygen atoms in total. The van der Waals surface area contributed by atoms with E-state index in [0.717, 1.165) is 41.8 Å². The van der Waals surface area contributed by atoms with Gasteiger partial charge in [0.25, 0.3) is 0 Å². The molecule has 8 N–H and O–H groups in total. The number of phenols is 2. The molecule has 4 heterocycles. The van der Waals surface area contributed by atoms with Crippen molar-refractivity contribution >= 4 is 11.8 Å². The number of piperidine rings is 2. The monoisotopic (exact) mass is 790 g/mol. The summed E-state index contributed by atoms with van der Waals surface area (Å²) in [7, 11) is 0. The maximum atomic E-state index is 12.1. The lowest BCUT2D eigenvalue weighted by molar-refractivity contribution is -0.209. The lowest BCUT2D eigenvalue weighted by atomic mass is 9.48. The molecule has 5 aliphatic carbocycles. The summed E-state index contributed by atoms with van der Waals surface area (Å²) in [4.78, 5) is 27.4. The number of likely N-dealkylation sites (tertiary alicyclic amines) is 2. The number of ketones is 1. The van der Waals surface area contributed by atoms with Crippen LogP contribution >= 0.6 is 0 Å². The SMILES string of the molecule is O=C(O)CC(CO)CN1CC[C@]23c4c5ccc(O)c4O[C@H]2[C@@H](O)CC[C@@]3(O)[C@H]1C5.O=C1CCC(CN2CC[C@]34c5c6ccc(O)c5O[C@H]3[C@@H](O)CC[C@@]4(O)[C@H]2C6)C1. The molecule has 3 saturated carbocycles. The molecule has 2 aromatic carbocycles. The van der Waals surface area contributed by atoms with E-state index in [0.29, 0.717) is 100 Å². The molecule has 4 aliphatic heterocycles. The zero-order chi connectivity index (χ0) is 39.8.